The van der Waals surface area contributed by atoms with Gasteiger partial charge in [-0.15, -0.1) is 0 Å². The van der Waals surface area contributed by atoms with Crippen LogP contribution in [0.25, 0.3) is 10.9 Å². The summed E-state index contributed by atoms with van der Waals surface area (Å²) in [6, 6.07) is 11.1. The van der Waals surface area contributed by atoms with Crippen LogP contribution in [0.5, 0.6) is 0 Å². The quantitative estimate of drug-likeness (QED) is 0.601. The lowest BCUT2D eigenvalue weighted by molar-refractivity contribution is 0.0210. The van der Waals surface area contributed by atoms with Gasteiger partial charge in [-0.2, -0.15) is 0 Å². The Morgan fingerprint density at radius 3 is 2.79 bits per heavy atom. The largest absolute Gasteiger partial charge is 0.377 e. The third-order valence-electron chi connectivity index (χ3n) is 5.69. The molecule has 0 bridgehead atoms. The molecule has 5 rings (SSSR count). The second-order valence-corrected chi connectivity index (χ2v) is 7.73. The average Bonchev–Trinajstić information content (AvgIpc) is 2.74. The Kier molecular flexibility index (Phi) is 5.23. The van der Waals surface area contributed by atoms with Gasteiger partial charge < -0.3 is 15.4 Å². The summed E-state index contributed by atoms with van der Waals surface area (Å²) in [5.41, 5.74) is 3.82. The number of aromatic nitrogens is 3. The number of anilines is 2. The molecule has 4 heterocycles. The number of fused-ring (bicyclic) bond motifs is 2. The van der Waals surface area contributed by atoms with Crippen LogP contribution in [0.1, 0.15) is 17.5 Å². The molecule has 7 heteroatoms. The standard InChI is InChI=1S/C22H26N6O/c1-2-5-17-12-28(11-7-16(17)4-1)10-3-8-23-21-19-6-9-24-22(20(19)25-15-26-21)27-18-13-29-14-18/h1-2,4-6,9,15,18H,3,7-8,10-14H2,(H,24,27)(H,23,25,26). The first-order valence-electron chi connectivity index (χ1n) is 10.3. The summed E-state index contributed by atoms with van der Waals surface area (Å²) in [5.74, 6) is 1.67. The van der Waals surface area contributed by atoms with E-state index in [2.05, 4.69) is 54.8 Å². The number of hydrogen-bond donors (Lipinski definition) is 2. The molecule has 0 atom stereocenters. The molecule has 7 nitrogen and oxygen atoms in total. The Morgan fingerprint density at radius 1 is 1.03 bits per heavy atom. The van der Waals surface area contributed by atoms with Gasteiger partial charge in [0.1, 0.15) is 17.7 Å². The molecule has 3 aromatic rings. The van der Waals surface area contributed by atoms with E-state index in [-0.39, 0.29) is 0 Å². The van der Waals surface area contributed by atoms with E-state index in [4.69, 9.17) is 4.74 Å². The molecule has 29 heavy (non-hydrogen) atoms. The molecule has 0 aliphatic carbocycles. The van der Waals surface area contributed by atoms with Crippen molar-refractivity contribution in [2.24, 2.45) is 0 Å². The van der Waals surface area contributed by atoms with Crippen molar-refractivity contribution in [1.29, 1.82) is 0 Å². The highest BCUT2D eigenvalue weighted by atomic mass is 16.5. The first kappa shape index (κ1) is 18.3. The van der Waals surface area contributed by atoms with Crippen LogP contribution >= 0.6 is 0 Å². The lowest BCUT2D eigenvalue weighted by Crippen LogP contribution is -2.40. The molecule has 0 saturated carbocycles. The van der Waals surface area contributed by atoms with Crippen LogP contribution in [0.3, 0.4) is 0 Å². The molecular weight excluding hydrogens is 364 g/mol. The molecule has 0 spiro atoms. The summed E-state index contributed by atoms with van der Waals surface area (Å²) in [4.78, 5) is 15.9. The van der Waals surface area contributed by atoms with Crippen LogP contribution in [0.2, 0.25) is 0 Å². The van der Waals surface area contributed by atoms with Crippen molar-refractivity contribution >= 4 is 22.5 Å². The predicted molar refractivity (Wildman–Crippen MR) is 114 cm³/mol. The van der Waals surface area contributed by atoms with Crippen LogP contribution in [-0.4, -0.2) is 58.7 Å². The lowest BCUT2D eigenvalue weighted by atomic mass is 10.00. The Labute approximate surface area is 170 Å². The second-order valence-electron chi connectivity index (χ2n) is 7.73. The lowest BCUT2D eigenvalue weighted by Gasteiger charge is -2.28. The van der Waals surface area contributed by atoms with Crippen molar-refractivity contribution in [3.05, 3.63) is 54.0 Å². The summed E-state index contributed by atoms with van der Waals surface area (Å²) >= 11 is 0. The molecule has 150 valence electrons. The van der Waals surface area contributed by atoms with Gasteiger partial charge in [0, 0.05) is 37.8 Å². The van der Waals surface area contributed by atoms with Crippen molar-refractivity contribution in [2.45, 2.75) is 25.4 Å². The molecule has 2 aliphatic heterocycles. The molecule has 0 amide bonds. The van der Waals surface area contributed by atoms with Crippen molar-refractivity contribution in [2.75, 3.05) is 43.5 Å². The van der Waals surface area contributed by atoms with Crippen LogP contribution in [0.4, 0.5) is 11.6 Å². The number of rotatable bonds is 7. The maximum Gasteiger partial charge on any atom is 0.153 e. The Balaban J connectivity index is 1.18. The molecule has 2 aromatic heterocycles. The van der Waals surface area contributed by atoms with Crippen molar-refractivity contribution in [3.8, 4) is 0 Å². The maximum atomic E-state index is 5.24. The normalized spacial score (nSPS) is 17.0. The van der Waals surface area contributed by atoms with Gasteiger partial charge in [-0.1, -0.05) is 24.3 Å². The minimum absolute atomic E-state index is 0.314. The zero-order chi connectivity index (χ0) is 19.5. The SMILES string of the molecule is c1ccc2c(c1)CCN(CCCNc1ncnc3c(NC4COC4)nccc13)C2. The predicted octanol–water partition coefficient (Wildman–Crippen LogP) is 2.70. The molecular formula is C22H26N6O. The third-order valence-corrected chi connectivity index (χ3v) is 5.69. The first-order valence-corrected chi connectivity index (χ1v) is 10.3. The summed E-state index contributed by atoms with van der Waals surface area (Å²) in [5, 5.41) is 7.90. The summed E-state index contributed by atoms with van der Waals surface area (Å²) in [6.45, 7) is 5.59. The van der Waals surface area contributed by atoms with E-state index in [9.17, 15) is 0 Å². The fourth-order valence-electron chi connectivity index (χ4n) is 4.00. The number of benzene rings is 1. The summed E-state index contributed by atoms with van der Waals surface area (Å²) in [7, 11) is 0. The van der Waals surface area contributed by atoms with Crippen LogP contribution < -0.4 is 10.6 Å². The number of ether oxygens (including phenoxy) is 1. The number of nitrogens with one attached hydrogen (secondary N) is 2. The van der Waals surface area contributed by atoms with Crippen LogP contribution in [-0.2, 0) is 17.7 Å². The number of hydrogen-bond acceptors (Lipinski definition) is 7. The molecule has 0 radical (unpaired) electrons. The Morgan fingerprint density at radius 2 is 1.93 bits per heavy atom. The fraction of sp³-hybridized carbons (Fsp3) is 0.409. The molecule has 1 fully saturated rings. The van der Waals surface area contributed by atoms with Crippen molar-refractivity contribution < 1.29 is 4.74 Å². The fourth-order valence-corrected chi connectivity index (χ4v) is 4.00. The molecule has 1 aromatic carbocycles. The average molecular weight is 390 g/mol. The van der Waals surface area contributed by atoms with E-state index in [1.165, 1.54) is 11.1 Å². The van der Waals surface area contributed by atoms with Gasteiger partial charge in [0.05, 0.1) is 19.3 Å². The smallest absolute Gasteiger partial charge is 0.153 e. The monoisotopic (exact) mass is 390 g/mol. The Hall–Kier alpha value is -2.77. The molecule has 2 aliphatic rings. The Bertz CT molecular complexity index is 990. The van der Waals surface area contributed by atoms with E-state index in [1.807, 2.05) is 12.3 Å². The number of nitrogens with zero attached hydrogens (tertiary/aromatic N) is 4. The van der Waals surface area contributed by atoms with Gasteiger partial charge in [-0.05, 0) is 30.0 Å². The van der Waals surface area contributed by atoms with E-state index >= 15 is 0 Å². The maximum absolute atomic E-state index is 5.24. The van der Waals surface area contributed by atoms with E-state index in [1.54, 1.807) is 6.33 Å². The van der Waals surface area contributed by atoms with Gasteiger partial charge >= 0.3 is 0 Å². The molecule has 1 saturated heterocycles. The van der Waals surface area contributed by atoms with Crippen LogP contribution in [0.15, 0.2) is 42.9 Å². The minimum Gasteiger partial charge on any atom is -0.377 e. The molecule has 2 N–H and O–H groups in total. The number of pyridine rings is 1. The van der Waals surface area contributed by atoms with Crippen LogP contribution in [0, 0.1) is 0 Å². The highest BCUT2D eigenvalue weighted by Crippen LogP contribution is 2.25. The highest BCUT2D eigenvalue weighted by molar-refractivity contribution is 5.95. The van der Waals surface area contributed by atoms with Gasteiger partial charge in [0.2, 0.25) is 0 Å². The van der Waals surface area contributed by atoms with Gasteiger partial charge in [0.25, 0.3) is 0 Å². The topological polar surface area (TPSA) is 75.2 Å². The van der Waals surface area contributed by atoms with E-state index < -0.39 is 0 Å². The zero-order valence-electron chi connectivity index (χ0n) is 16.5. The highest BCUT2D eigenvalue weighted by Gasteiger charge is 2.20. The summed E-state index contributed by atoms with van der Waals surface area (Å²) in [6.07, 6.45) is 5.64. The van der Waals surface area contributed by atoms with Crippen molar-refractivity contribution in [3.63, 3.8) is 0 Å². The molecule has 0 unspecified atom stereocenters. The first-order chi connectivity index (χ1) is 14.4. The van der Waals surface area contributed by atoms with E-state index in [0.29, 0.717) is 6.04 Å². The zero-order valence-corrected chi connectivity index (χ0v) is 16.5. The van der Waals surface area contributed by atoms with E-state index in [0.717, 1.165) is 74.8 Å². The minimum atomic E-state index is 0.314. The van der Waals surface area contributed by atoms with Gasteiger partial charge in [0.15, 0.2) is 5.82 Å². The van der Waals surface area contributed by atoms with Gasteiger partial charge in [-0.25, -0.2) is 15.0 Å². The second kappa shape index (κ2) is 8.31. The van der Waals surface area contributed by atoms with Crippen molar-refractivity contribution in [1.82, 2.24) is 19.9 Å². The summed E-state index contributed by atoms with van der Waals surface area (Å²) < 4.78 is 5.24. The third kappa shape index (κ3) is 4.02. The van der Waals surface area contributed by atoms with Gasteiger partial charge in [-0.3, -0.25) is 4.90 Å².